The van der Waals surface area contributed by atoms with Crippen LogP contribution in [0, 0.1) is 22.6 Å². The first kappa shape index (κ1) is 16.0. The molecule has 112 valence electrons. The number of halogens is 2. The summed E-state index contributed by atoms with van der Waals surface area (Å²) in [5, 5.41) is 3.61. The van der Waals surface area contributed by atoms with Crippen LogP contribution in [0.15, 0.2) is 22.7 Å². The molecule has 0 aliphatic heterocycles. The monoisotopic (exact) mass is 341 g/mol. The Morgan fingerprint density at radius 2 is 1.85 bits per heavy atom. The Labute approximate surface area is 130 Å². The standard InChI is InChI=1S/C17H25BrFN/c1-6-20-14(15-16(2,3)17(15,4)5)10-11-9-12(19)7-8-13(11)18/h7-9,14-15,20H,6,10H2,1-5H3. The second kappa shape index (κ2) is 5.42. The highest BCUT2D eigenvalue weighted by molar-refractivity contribution is 9.10. The normalized spacial score (nSPS) is 21.8. The first-order valence-electron chi connectivity index (χ1n) is 7.39. The van der Waals surface area contributed by atoms with Crippen LogP contribution in [-0.4, -0.2) is 12.6 Å². The average Bonchev–Trinajstić information content (AvgIpc) is 2.74. The van der Waals surface area contributed by atoms with Crippen LogP contribution in [0.1, 0.15) is 40.2 Å². The minimum atomic E-state index is -0.159. The van der Waals surface area contributed by atoms with Gasteiger partial charge in [-0.15, -0.1) is 0 Å². The van der Waals surface area contributed by atoms with Crippen molar-refractivity contribution in [1.82, 2.24) is 5.32 Å². The number of hydrogen-bond donors (Lipinski definition) is 1. The molecule has 3 heteroatoms. The van der Waals surface area contributed by atoms with Gasteiger partial charge in [-0.3, -0.25) is 0 Å². The molecule has 0 radical (unpaired) electrons. The lowest BCUT2D eigenvalue weighted by Crippen LogP contribution is -2.35. The Hall–Kier alpha value is -0.410. The van der Waals surface area contributed by atoms with Crippen molar-refractivity contribution >= 4 is 15.9 Å². The summed E-state index contributed by atoms with van der Waals surface area (Å²) in [5.74, 6) is 0.456. The molecule has 1 aromatic rings. The van der Waals surface area contributed by atoms with Crippen molar-refractivity contribution < 1.29 is 4.39 Å². The van der Waals surface area contributed by atoms with Crippen molar-refractivity contribution in [2.24, 2.45) is 16.7 Å². The predicted molar refractivity (Wildman–Crippen MR) is 86.3 cm³/mol. The molecule has 1 nitrogen and oxygen atoms in total. The van der Waals surface area contributed by atoms with Gasteiger partial charge in [-0.2, -0.15) is 0 Å². The Kier molecular flexibility index (Phi) is 4.32. The van der Waals surface area contributed by atoms with Gasteiger partial charge in [0.25, 0.3) is 0 Å². The van der Waals surface area contributed by atoms with Crippen LogP contribution in [0.5, 0.6) is 0 Å². The van der Waals surface area contributed by atoms with Gasteiger partial charge in [-0.1, -0.05) is 50.5 Å². The van der Waals surface area contributed by atoms with E-state index in [1.165, 1.54) is 6.07 Å². The molecule has 1 aromatic carbocycles. The molecule has 0 saturated heterocycles. The van der Waals surface area contributed by atoms with Crippen LogP contribution >= 0.6 is 15.9 Å². The zero-order chi connectivity index (χ0) is 15.1. The molecular formula is C17H25BrFN. The van der Waals surface area contributed by atoms with Crippen molar-refractivity contribution in [2.45, 2.75) is 47.1 Å². The van der Waals surface area contributed by atoms with Gasteiger partial charge in [0.05, 0.1) is 0 Å². The van der Waals surface area contributed by atoms with E-state index in [4.69, 9.17) is 0 Å². The molecule has 1 fully saturated rings. The van der Waals surface area contributed by atoms with E-state index in [1.54, 1.807) is 12.1 Å². The number of rotatable bonds is 5. The van der Waals surface area contributed by atoms with Crippen LogP contribution < -0.4 is 5.32 Å². The number of likely N-dealkylation sites (N-methyl/N-ethyl adjacent to an activating group) is 1. The number of nitrogens with one attached hydrogen (secondary N) is 1. The van der Waals surface area contributed by atoms with Crippen molar-refractivity contribution in [2.75, 3.05) is 6.54 Å². The van der Waals surface area contributed by atoms with Crippen LogP contribution in [0.25, 0.3) is 0 Å². The van der Waals surface area contributed by atoms with Crippen LogP contribution in [0.3, 0.4) is 0 Å². The molecular weight excluding hydrogens is 317 g/mol. The highest BCUT2D eigenvalue weighted by Crippen LogP contribution is 2.69. The molecule has 0 amide bonds. The minimum Gasteiger partial charge on any atom is -0.314 e. The maximum absolute atomic E-state index is 13.5. The van der Waals surface area contributed by atoms with Crippen molar-refractivity contribution in [3.8, 4) is 0 Å². The van der Waals surface area contributed by atoms with Crippen LogP contribution in [0.2, 0.25) is 0 Å². The summed E-state index contributed by atoms with van der Waals surface area (Å²) in [7, 11) is 0. The number of benzene rings is 1. The summed E-state index contributed by atoms with van der Waals surface area (Å²) < 4.78 is 14.5. The summed E-state index contributed by atoms with van der Waals surface area (Å²) in [4.78, 5) is 0. The van der Waals surface area contributed by atoms with Crippen LogP contribution in [0.4, 0.5) is 4.39 Å². The molecule has 1 aliphatic carbocycles. The van der Waals surface area contributed by atoms with E-state index in [-0.39, 0.29) is 5.82 Å². The zero-order valence-corrected chi connectivity index (χ0v) is 14.6. The largest absolute Gasteiger partial charge is 0.314 e. The Morgan fingerprint density at radius 1 is 1.25 bits per heavy atom. The van der Waals surface area contributed by atoms with Gasteiger partial charge in [0.15, 0.2) is 0 Å². The molecule has 0 aromatic heterocycles. The fourth-order valence-electron chi connectivity index (χ4n) is 3.76. The van der Waals surface area contributed by atoms with E-state index in [0.717, 1.165) is 23.0 Å². The Bertz CT molecular complexity index is 482. The van der Waals surface area contributed by atoms with E-state index >= 15 is 0 Å². The lowest BCUT2D eigenvalue weighted by molar-refractivity contribution is 0.402. The smallest absolute Gasteiger partial charge is 0.123 e. The lowest BCUT2D eigenvalue weighted by Gasteiger charge is -2.21. The Balaban J connectivity index is 2.21. The van der Waals surface area contributed by atoms with Crippen molar-refractivity contribution in [3.05, 3.63) is 34.1 Å². The second-order valence-electron chi connectivity index (χ2n) is 7.03. The fraction of sp³-hybridized carbons (Fsp3) is 0.647. The summed E-state index contributed by atoms with van der Waals surface area (Å²) in [5.41, 5.74) is 1.72. The van der Waals surface area contributed by atoms with E-state index in [2.05, 4.69) is 55.9 Å². The highest BCUT2D eigenvalue weighted by Gasteiger charge is 2.66. The molecule has 20 heavy (non-hydrogen) atoms. The third-order valence-corrected chi connectivity index (χ3v) is 6.22. The van der Waals surface area contributed by atoms with E-state index in [1.807, 2.05) is 0 Å². The van der Waals surface area contributed by atoms with Gasteiger partial charge >= 0.3 is 0 Å². The van der Waals surface area contributed by atoms with Gasteiger partial charge in [0, 0.05) is 10.5 Å². The predicted octanol–water partition coefficient (Wildman–Crippen LogP) is 4.79. The van der Waals surface area contributed by atoms with Crippen molar-refractivity contribution in [1.29, 1.82) is 0 Å². The molecule has 2 rings (SSSR count). The van der Waals surface area contributed by atoms with Gasteiger partial charge in [-0.25, -0.2) is 4.39 Å². The van der Waals surface area contributed by atoms with E-state index in [9.17, 15) is 4.39 Å². The zero-order valence-electron chi connectivity index (χ0n) is 13.1. The third kappa shape index (κ3) is 2.67. The topological polar surface area (TPSA) is 12.0 Å². The molecule has 0 bridgehead atoms. The molecule has 1 N–H and O–H groups in total. The lowest BCUT2D eigenvalue weighted by atomic mass is 9.96. The van der Waals surface area contributed by atoms with Gasteiger partial charge < -0.3 is 5.32 Å². The van der Waals surface area contributed by atoms with Crippen LogP contribution in [-0.2, 0) is 6.42 Å². The average molecular weight is 342 g/mol. The maximum atomic E-state index is 13.5. The third-order valence-electron chi connectivity index (χ3n) is 5.45. The second-order valence-corrected chi connectivity index (χ2v) is 7.88. The van der Waals surface area contributed by atoms with E-state index < -0.39 is 0 Å². The minimum absolute atomic E-state index is 0.159. The molecule has 1 atom stereocenters. The van der Waals surface area contributed by atoms with Crippen molar-refractivity contribution in [3.63, 3.8) is 0 Å². The summed E-state index contributed by atoms with van der Waals surface area (Å²) in [6, 6.07) is 5.34. The summed E-state index contributed by atoms with van der Waals surface area (Å²) in [6.07, 6.45) is 0.865. The fourth-order valence-corrected chi connectivity index (χ4v) is 4.17. The highest BCUT2D eigenvalue weighted by atomic mass is 79.9. The quantitative estimate of drug-likeness (QED) is 0.811. The molecule has 1 unspecified atom stereocenters. The van der Waals surface area contributed by atoms with E-state index in [0.29, 0.717) is 22.8 Å². The molecule has 1 aliphatic rings. The van der Waals surface area contributed by atoms with Gasteiger partial charge in [0.1, 0.15) is 5.82 Å². The van der Waals surface area contributed by atoms with Gasteiger partial charge in [-0.05, 0) is 53.5 Å². The summed E-state index contributed by atoms with van der Waals surface area (Å²) in [6.45, 7) is 12.4. The first-order chi connectivity index (χ1) is 9.21. The number of hydrogen-bond acceptors (Lipinski definition) is 1. The molecule has 0 heterocycles. The summed E-state index contributed by atoms with van der Waals surface area (Å²) >= 11 is 3.54. The molecule has 0 spiro atoms. The maximum Gasteiger partial charge on any atom is 0.123 e. The Morgan fingerprint density at radius 3 is 2.35 bits per heavy atom. The first-order valence-corrected chi connectivity index (χ1v) is 8.18. The molecule has 1 saturated carbocycles. The van der Waals surface area contributed by atoms with Gasteiger partial charge in [0.2, 0.25) is 0 Å². The SMILES string of the molecule is CCNC(Cc1cc(F)ccc1Br)C1C(C)(C)C1(C)C.